The average molecular weight is 470 g/mol. The number of likely N-dealkylation sites (N-methyl/N-ethyl adjacent to an activating group) is 1. The number of amides is 3. The van der Waals surface area contributed by atoms with Gasteiger partial charge in [0.1, 0.15) is 17.8 Å². The maximum absolute atomic E-state index is 13.2. The summed E-state index contributed by atoms with van der Waals surface area (Å²) in [5, 5.41) is 16.5. The van der Waals surface area contributed by atoms with Crippen LogP contribution < -0.4 is 10.6 Å². The summed E-state index contributed by atoms with van der Waals surface area (Å²) < 4.78 is 0. The van der Waals surface area contributed by atoms with Crippen molar-refractivity contribution in [3.05, 3.63) is 35.0 Å². The second-order valence-corrected chi connectivity index (χ2v) is 9.46. The second-order valence-electron chi connectivity index (χ2n) is 9.05. The minimum absolute atomic E-state index is 0.0740. The molecule has 33 heavy (non-hydrogen) atoms. The van der Waals surface area contributed by atoms with E-state index in [1.165, 1.54) is 4.90 Å². The second kappa shape index (κ2) is 9.84. The van der Waals surface area contributed by atoms with Gasteiger partial charge in [-0.1, -0.05) is 36.6 Å². The normalized spacial score (nSPS) is 19.9. The maximum atomic E-state index is 13.2. The summed E-state index contributed by atoms with van der Waals surface area (Å²) in [7, 11) is 1.61. The van der Waals surface area contributed by atoms with Gasteiger partial charge in [-0.15, -0.1) is 0 Å². The Morgan fingerprint density at radius 1 is 1.30 bits per heavy atom. The Labute approximate surface area is 197 Å². The van der Waals surface area contributed by atoms with Gasteiger partial charge in [-0.3, -0.25) is 14.4 Å². The summed E-state index contributed by atoms with van der Waals surface area (Å²) in [6, 6.07) is 7.77. The number of hydrogen-bond acceptors (Lipinski definition) is 4. The fourth-order valence-corrected chi connectivity index (χ4v) is 4.66. The summed E-state index contributed by atoms with van der Waals surface area (Å²) in [5.74, 6) is -0.660. The lowest BCUT2D eigenvalue weighted by atomic mass is 9.92. The van der Waals surface area contributed by atoms with Crippen LogP contribution in [0.2, 0.25) is 5.02 Å². The van der Waals surface area contributed by atoms with Gasteiger partial charge in [-0.2, -0.15) is 5.26 Å². The van der Waals surface area contributed by atoms with Crippen LogP contribution in [0.15, 0.2) is 24.3 Å². The predicted octanol–water partition coefficient (Wildman–Crippen LogP) is 2.99. The molecule has 1 saturated carbocycles. The number of nitrogens with zero attached hydrogens (tertiary/aromatic N) is 2. The highest BCUT2D eigenvalue weighted by atomic mass is 35.5. The molecule has 3 atom stereocenters. The minimum atomic E-state index is -0.788. The number of rotatable bonds is 8. The van der Waals surface area contributed by atoms with Crippen molar-refractivity contribution in [2.24, 2.45) is 11.8 Å². The molecule has 4 rings (SSSR count). The number of halogens is 1. The molecular weight excluding hydrogens is 442 g/mol. The molecule has 0 bridgehead atoms. The largest absolute Gasteiger partial charge is 0.356 e. The standard InChI is InChI=1S/C24H28ClN5O3/c1-30(24(33)19-12-15-4-2-6-18(25)21(15)29-19)20(10-14-7-8-14)23(32)28-17(13-26)11-16-5-3-9-27-22(16)31/h2,4,6,12,14,16-17,20,29H,3,5,7-11H2,1H3,(H,27,31)(H,28,32)/t16-,17-,20-/m0/s1. The van der Waals surface area contributed by atoms with E-state index in [-0.39, 0.29) is 30.1 Å². The molecule has 2 heterocycles. The van der Waals surface area contributed by atoms with Crippen molar-refractivity contribution >= 4 is 40.2 Å². The lowest BCUT2D eigenvalue weighted by Crippen LogP contribution is -2.51. The number of carbonyl (C=O) groups is 3. The van der Waals surface area contributed by atoms with Gasteiger partial charge >= 0.3 is 0 Å². The lowest BCUT2D eigenvalue weighted by Gasteiger charge is -2.29. The number of aromatic nitrogens is 1. The predicted molar refractivity (Wildman–Crippen MR) is 124 cm³/mol. The molecule has 1 aliphatic carbocycles. The van der Waals surface area contributed by atoms with Crippen LogP contribution in [-0.4, -0.2) is 53.3 Å². The van der Waals surface area contributed by atoms with E-state index in [4.69, 9.17) is 11.6 Å². The molecule has 0 unspecified atom stereocenters. The fourth-order valence-electron chi connectivity index (χ4n) is 4.43. The SMILES string of the molecule is CN(C(=O)c1cc2cccc(Cl)c2[nH]1)[C@@H](CC1CC1)C(=O)N[C@H](C#N)C[C@@H]1CCCNC1=O. The first-order valence-electron chi connectivity index (χ1n) is 11.4. The van der Waals surface area contributed by atoms with Crippen LogP contribution in [0.25, 0.3) is 10.9 Å². The van der Waals surface area contributed by atoms with Crippen molar-refractivity contribution in [3.63, 3.8) is 0 Å². The van der Waals surface area contributed by atoms with Crippen LogP contribution in [0.1, 0.15) is 49.0 Å². The molecule has 0 spiro atoms. The average Bonchev–Trinajstić information content (AvgIpc) is 3.52. The van der Waals surface area contributed by atoms with Crippen molar-refractivity contribution in [2.45, 2.75) is 50.6 Å². The number of H-pyrrole nitrogens is 1. The van der Waals surface area contributed by atoms with Crippen molar-refractivity contribution in [2.75, 3.05) is 13.6 Å². The Morgan fingerprint density at radius 2 is 2.09 bits per heavy atom. The topological polar surface area (TPSA) is 118 Å². The highest BCUT2D eigenvalue weighted by Gasteiger charge is 2.36. The molecule has 2 aliphatic rings. The third-order valence-electron chi connectivity index (χ3n) is 6.57. The van der Waals surface area contributed by atoms with Crippen molar-refractivity contribution < 1.29 is 14.4 Å². The summed E-state index contributed by atoms with van der Waals surface area (Å²) in [6.45, 7) is 0.647. The summed E-state index contributed by atoms with van der Waals surface area (Å²) >= 11 is 6.23. The van der Waals surface area contributed by atoms with Gasteiger partial charge in [-0.25, -0.2) is 0 Å². The van der Waals surface area contributed by atoms with E-state index in [0.717, 1.165) is 24.6 Å². The third-order valence-corrected chi connectivity index (χ3v) is 6.89. The van der Waals surface area contributed by atoms with Crippen molar-refractivity contribution in [3.8, 4) is 6.07 Å². The fraction of sp³-hybridized carbons (Fsp3) is 0.500. The molecule has 174 valence electrons. The van der Waals surface area contributed by atoms with Crippen molar-refractivity contribution in [1.29, 1.82) is 5.26 Å². The maximum Gasteiger partial charge on any atom is 0.270 e. The number of piperidine rings is 1. The monoisotopic (exact) mass is 469 g/mol. The van der Waals surface area contributed by atoms with E-state index in [9.17, 15) is 19.6 Å². The highest BCUT2D eigenvalue weighted by Crippen LogP contribution is 2.35. The third kappa shape index (κ3) is 5.31. The van der Waals surface area contributed by atoms with Gasteiger partial charge < -0.3 is 20.5 Å². The summed E-state index contributed by atoms with van der Waals surface area (Å²) in [4.78, 5) is 43.0. The quantitative estimate of drug-likeness (QED) is 0.550. The Morgan fingerprint density at radius 3 is 2.76 bits per heavy atom. The molecule has 1 aromatic carbocycles. The molecule has 8 nitrogen and oxygen atoms in total. The Kier molecular flexibility index (Phi) is 6.89. The number of para-hydroxylation sites is 1. The molecule has 3 amide bonds. The van der Waals surface area contributed by atoms with E-state index in [0.29, 0.717) is 41.5 Å². The van der Waals surface area contributed by atoms with Gasteiger partial charge in [0.2, 0.25) is 11.8 Å². The lowest BCUT2D eigenvalue weighted by molar-refractivity contribution is -0.129. The van der Waals surface area contributed by atoms with Crippen LogP contribution >= 0.6 is 11.6 Å². The molecule has 3 N–H and O–H groups in total. The molecule has 1 saturated heterocycles. The number of hydrogen-bond donors (Lipinski definition) is 3. The van der Waals surface area contributed by atoms with E-state index in [1.54, 1.807) is 19.2 Å². The molecule has 2 aromatic rings. The van der Waals surface area contributed by atoms with E-state index in [2.05, 4.69) is 21.7 Å². The molecule has 9 heteroatoms. The molecular formula is C24H28ClN5O3. The first-order valence-corrected chi connectivity index (χ1v) is 11.8. The zero-order valence-corrected chi connectivity index (χ0v) is 19.3. The van der Waals surface area contributed by atoms with E-state index < -0.39 is 12.1 Å². The van der Waals surface area contributed by atoms with Crippen molar-refractivity contribution in [1.82, 2.24) is 20.5 Å². The van der Waals surface area contributed by atoms with Crippen LogP contribution in [0, 0.1) is 23.2 Å². The number of fused-ring (bicyclic) bond motifs is 1. The van der Waals surface area contributed by atoms with E-state index >= 15 is 0 Å². The highest BCUT2D eigenvalue weighted by molar-refractivity contribution is 6.35. The zero-order valence-electron chi connectivity index (χ0n) is 18.6. The smallest absolute Gasteiger partial charge is 0.270 e. The first kappa shape index (κ1) is 23.1. The van der Waals surface area contributed by atoms with Crippen LogP contribution in [0.3, 0.4) is 0 Å². The molecule has 2 fully saturated rings. The number of benzene rings is 1. The van der Waals surface area contributed by atoms with Gasteiger partial charge in [0.05, 0.1) is 16.6 Å². The molecule has 0 radical (unpaired) electrons. The van der Waals surface area contributed by atoms with Gasteiger partial charge in [-0.05, 0) is 43.7 Å². The van der Waals surface area contributed by atoms with Gasteiger partial charge in [0.15, 0.2) is 0 Å². The van der Waals surface area contributed by atoms with Gasteiger partial charge in [0.25, 0.3) is 5.91 Å². The molecule has 1 aliphatic heterocycles. The van der Waals surface area contributed by atoms with Crippen LogP contribution in [-0.2, 0) is 9.59 Å². The number of carbonyl (C=O) groups excluding carboxylic acids is 3. The number of aromatic amines is 1. The first-order chi connectivity index (χ1) is 15.9. The summed E-state index contributed by atoms with van der Waals surface area (Å²) in [6.07, 6.45) is 4.42. The molecule has 1 aromatic heterocycles. The zero-order chi connectivity index (χ0) is 23.5. The number of nitrogens with one attached hydrogen (secondary N) is 3. The Hall–Kier alpha value is -3.05. The van der Waals surface area contributed by atoms with Crippen LogP contribution in [0.5, 0.6) is 0 Å². The number of nitriles is 1. The van der Waals surface area contributed by atoms with Gasteiger partial charge in [0, 0.05) is 24.9 Å². The Bertz CT molecular complexity index is 1100. The summed E-state index contributed by atoms with van der Waals surface area (Å²) in [5.41, 5.74) is 1.03. The van der Waals surface area contributed by atoms with Crippen LogP contribution in [0.4, 0.5) is 0 Å². The van der Waals surface area contributed by atoms with E-state index in [1.807, 2.05) is 12.1 Å². The Balaban J connectivity index is 1.48. The minimum Gasteiger partial charge on any atom is -0.356 e.